The first-order chi connectivity index (χ1) is 8.74. The second kappa shape index (κ2) is 6.24. The van der Waals surface area contributed by atoms with Gasteiger partial charge in [-0.3, -0.25) is 4.79 Å². The van der Waals surface area contributed by atoms with Gasteiger partial charge in [0.1, 0.15) is 5.75 Å². The zero-order chi connectivity index (χ0) is 12.8. The number of phenols is 1. The lowest BCUT2D eigenvalue weighted by Crippen LogP contribution is -2.30. The highest BCUT2D eigenvalue weighted by molar-refractivity contribution is 5.78. The van der Waals surface area contributed by atoms with E-state index < -0.39 is 0 Å². The highest BCUT2D eigenvalue weighted by Gasteiger charge is 2.11. The lowest BCUT2D eigenvalue weighted by atomic mass is 9.94. The first-order valence-corrected chi connectivity index (χ1v) is 6.43. The molecule has 3 heteroatoms. The van der Waals surface area contributed by atoms with Gasteiger partial charge in [0, 0.05) is 6.54 Å². The molecule has 0 spiro atoms. The monoisotopic (exact) mass is 245 g/mol. The molecule has 3 nitrogen and oxygen atoms in total. The van der Waals surface area contributed by atoms with Crippen molar-refractivity contribution in [2.75, 3.05) is 6.54 Å². The molecule has 1 amide bonds. The molecule has 0 heterocycles. The fourth-order valence-electron chi connectivity index (χ4n) is 2.21. The molecular formula is C15H19NO2. The Kier molecular flexibility index (Phi) is 4.40. The summed E-state index contributed by atoms with van der Waals surface area (Å²) in [5.74, 6) is 0.802. The molecule has 18 heavy (non-hydrogen) atoms. The van der Waals surface area contributed by atoms with Gasteiger partial charge in [0.05, 0.1) is 6.42 Å². The molecule has 0 saturated heterocycles. The number of allylic oxidation sites excluding steroid dienone is 2. The van der Waals surface area contributed by atoms with Crippen LogP contribution in [0.1, 0.15) is 24.8 Å². The van der Waals surface area contributed by atoms with Crippen LogP contribution in [0.15, 0.2) is 36.4 Å². The summed E-state index contributed by atoms with van der Waals surface area (Å²) < 4.78 is 0. The number of benzene rings is 1. The Hall–Kier alpha value is -1.77. The quantitative estimate of drug-likeness (QED) is 0.800. The molecule has 96 valence electrons. The van der Waals surface area contributed by atoms with E-state index >= 15 is 0 Å². The summed E-state index contributed by atoms with van der Waals surface area (Å²) in [5, 5.41) is 12.3. The number of nitrogens with one attached hydrogen (secondary N) is 1. The minimum atomic E-state index is 0.0233. The van der Waals surface area contributed by atoms with E-state index in [9.17, 15) is 9.90 Å². The molecule has 0 bridgehead atoms. The van der Waals surface area contributed by atoms with E-state index in [2.05, 4.69) is 17.5 Å². The van der Waals surface area contributed by atoms with E-state index in [1.807, 2.05) is 6.07 Å². The number of carbonyl (C=O) groups excluding carboxylic acids is 1. The average molecular weight is 245 g/mol. The van der Waals surface area contributed by atoms with Crippen molar-refractivity contribution in [3.8, 4) is 5.75 Å². The third-order valence-electron chi connectivity index (χ3n) is 3.24. The van der Waals surface area contributed by atoms with Crippen LogP contribution < -0.4 is 5.32 Å². The zero-order valence-electron chi connectivity index (χ0n) is 10.4. The molecule has 2 rings (SSSR count). The number of aromatic hydroxyl groups is 1. The van der Waals surface area contributed by atoms with Crippen molar-refractivity contribution >= 4 is 5.91 Å². The number of carbonyl (C=O) groups is 1. The van der Waals surface area contributed by atoms with Crippen molar-refractivity contribution in [2.24, 2.45) is 5.92 Å². The molecule has 1 atom stereocenters. The van der Waals surface area contributed by atoms with E-state index in [1.165, 1.54) is 0 Å². The van der Waals surface area contributed by atoms with Gasteiger partial charge in [-0.05, 0) is 42.9 Å². The summed E-state index contributed by atoms with van der Waals surface area (Å²) in [7, 11) is 0. The topological polar surface area (TPSA) is 49.3 Å². The molecule has 1 unspecified atom stereocenters. The SMILES string of the molecule is O=C(Cc1cccc(O)c1)NCC1CC=CCC1. The first kappa shape index (κ1) is 12.7. The molecule has 0 aromatic heterocycles. The van der Waals surface area contributed by atoms with Crippen molar-refractivity contribution in [2.45, 2.75) is 25.7 Å². The van der Waals surface area contributed by atoms with Crippen molar-refractivity contribution in [3.05, 3.63) is 42.0 Å². The number of phenolic OH excluding ortho intramolecular Hbond substituents is 1. The average Bonchev–Trinajstić information content (AvgIpc) is 2.38. The van der Waals surface area contributed by atoms with Gasteiger partial charge in [-0.2, -0.15) is 0 Å². The maximum Gasteiger partial charge on any atom is 0.224 e. The van der Waals surface area contributed by atoms with E-state index in [0.29, 0.717) is 12.3 Å². The van der Waals surface area contributed by atoms with Gasteiger partial charge in [0.2, 0.25) is 5.91 Å². The van der Waals surface area contributed by atoms with Crippen molar-refractivity contribution in [1.29, 1.82) is 0 Å². The maximum absolute atomic E-state index is 11.8. The summed E-state index contributed by atoms with van der Waals surface area (Å²) >= 11 is 0. The highest BCUT2D eigenvalue weighted by Crippen LogP contribution is 2.17. The molecule has 0 aliphatic heterocycles. The van der Waals surface area contributed by atoms with Crippen LogP contribution in [0.3, 0.4) is 0 Å². The molecule has 0 fully saturated rings. The molecule has 2 N–H and O–H groups in total. The maximum atomic E-state index is 11.8. The van der Waals surface area contributed by atoms with Crippen LogP contribution >= 0.6 is 0 Å². The van der Waals surface area contributed by atoms with Gasteiger partial charge in [-0.15, -0.1) is 0 Å². The minimum Gasteiger partial charge on any atom is -0.508 e. The summed E-state index contributed by atoms with van der Waals surface area (Å²) in [6.07, 6.45) is 8.06. The van der Waals surface area contributed by atoms with Crippen LogP contribution in [0.4, 0.5) is 0 Å². The number of hydrogen-bond acceptors (Lipinski definition) is 2. The molecule has 0 saturated carbocycles. The van der Waals surface area contributed by atoms with Crippen LogP contribution in [0.25, 0.3) is 0 Å². The fourth-order valence-corrected chi connectivity index (χ4v) is 2.21. The molecule has 0 radical (unpaired) electrons. The van der Waals surface area contributed by atoms with Crippen LogP contribution in [0.2, 0.25) is 0 Å². The summed E-state index contributed by atoms with van der Waals surface area (Å²) in [4.78, 5) is 11.8. The molecule has 1 aliphatic rings. The fraction of sp³-hybridized carbons (Fsp3) is 0.400. The van der Waals surface area contributed by atoms with Crippen LogP contribution in [0.5, 0.6) is 5.75 Å². The second-order valence-electron chi connectivity index (χ2n) is 4.80. The summed E-state index contributed by atoms with van der Waals surface area (Å²) in [6.45, 7) is 0.752. The van der Waals surface area contributed by atoms with Gasteiger partial charge >= 0.3 is 0 Å². The number of rotatable bonds is 4. The number of amides is 1. The zero-order valence-corrected chi connectivity index (χ0v) is 10.4. The predicted molar refractivity (Wildman–Crippen MR) is 71.3 cm³/mol. The van der Waals surface area contributed by atoms with Crippen LogP contribution in [-0.4, -0.2) is 17.6 Å². The largest absolute Gasteiger partial charge is 0.508 e. The van der Waals surface area contributed by atoms with Gasteiger partial charge in [0.15, 0.2) is 0 Å². The van der Waals surface area contributed by atoms with Crippen LogP contribution in [0, 0.1) is 5.92 Å². The third-order valence-corrected chi connectivity index (χ3v) is 3.24. The van der Waals surface area contributed by atoms with E-state index in [1.54, 1.807) is 18.2 Å². The Morgan fingerprint density at radius 1 is 1.39 bits per heavy atom. The van der Waals surface area contributed by atoms with Crippen molar-refractivity contribution in [1.82, 2.24) is 5.32 Å². The van der Waals surface area contributed by atoms with Crippen molar-refractivity contribution < 1.29 is 9.90 Å². The molecular weight excluding hydrogens is 226 g/mol. The second-order valence-corrected chi connectivity index (χ2v) is 4.80. The lowest BCUT2D eigenvalue weighted by Gasteiger charge is -2.18. The van der Waals surface area contributed by atoms with Gasteiger partial charge in [-0.1, -0.05) is 24.3 Å². The number of hydrogen-bond donors (Lipinski definition) is 2. The first-order valence-electron chi connectivity index (χ1n) is 6.43. The molecule has 1 aromatic carbocycles. The van der Waals surface area contributed by atoms with Gasteiger partial charge in [-0.25, -0.2) is 0 Å². The van der Waals surface area contributed by atoms with E-state index in [-0.39, 0.29) is 11.7 Å². The third kappa shape index (κ3) is 3.91. The van der Waals surface area contributed by atoms with Gasteiger partial charge in [0.25, 0.3) is 0 Å². The smallest absolute Gasteiger partial charge is 0.224 e. The van der Waals surface area contributed by atoms with E-state index in [0.717, 1.165) is 31.4 Å². The van der Waals surface area contributed by atoms with Crippen LogP contribution in [-0.2, 0) is 11.2 Å². The Morgan fingerprint density at radius 2 is 2.28 bits per heavy atom. The highest BCUT2D eigenvalue weighted by atomic mass is 16.3. The predicted octanol–water partition coefficient (Wildman–Crippen LogP) is 2.41. The Labute approximate surface area is 108 Å². The van der Waals surface area contributed by atoms with Gasteiger partial charge < -0.3 is 10.4 Å². The standard InChI is InChI=1S/C15H19NO2/c17-14-8-4-7-13(9-14)10-15(18)16-11-12-5-2-1-3-6-12/h1-2,4,7-9,12,17H,3,5-6,10-11H2,(H,16,18). The Morgan fingerprint density at radius 3 is 3.00 bits per heavy atom. The Bertz CT molecular complexity index is 440. The Balaban J connectivity index is 1.76. The van der Waals surface area contributed by atoms with Crippen molar-refractivity contribution in [3.63, 3.8) is 0 Å². The lowest BCUT2D eigenvalue weighted by molar-refractivity contribution is -0.120. The molecule has 1 aliphatic carbocycles. The van der Waals surface area contributed by atoms with E-state index in [4.69, 9.17) is 0 Å². The normalized spacial score (nSPS) is 18.6. The molecule has 1 aromatic rings. The summed E-state index contributed by atoms with van der Waals surface area (Å²) in [6, 6.07) is 6.84. The summed E-state index contributed by atoms with van der Waals surface area (Å²) in [5.41, 5.74) is 0.844. The minimum absolute atomic E-state index is 0.0233.